The maximum Gasteiger partial charge on any atom is 0.345 e. The molecule has 0 unspecified atom stereocenters. The number of rotatable bonds is 2. The minimum Gasteiger partial charge on any atom is -0.395 e. The van der Waals surface area contributed by atoms with Crippen LogP contribution in [0.1, 0.15) is 0 Å². The van der Waals surface area contributed by atoms with Crippen LogP contribution in [0, 0.1) is 0 Å². The first-order chi connectivity index (χ1) is 9.20. The second-order valence-corrected chi connectivity index (χ2v) is 4.50. The van der Waals surface area contributed by atoms with Crippen molar-refractivity contribution in [3.05, 3.63) is 24.3 Å². The van der Waals surface area contributed by atoms with Gasteiger partial charge in [-0.15, -0.1) is 0 Å². The lowest BCUT2D eigenvalue weighted by atomic mass is 10.1. The largest absolute Gasteiger partial charge is 0.395 e. The summed E-state index contributed by atoms with van der Waals surface area (Å²) in [5.41, 5.74) is 2.47. The van der Waals surface area contributed by atoms with Crippen molar-refractivity contribution >= 4 is 29.0 Å². The molecule has 1 aromatic rings. The zero-order chi connectivity index (χ0) is 13.4. The zero-order valence-electron chi connectivity index (χ0n) is 10.6. The summed E-state index contributed by atoms with van der Waals surface area (Å²) < 4.78 is 0. The predicted octanol–water partition coefficient (Wildman–Crippen LogP) is 1.04. The van der Waals surface area contributed by atoms with Crippen molar-refractivity contribution in [3.63, 3.8) is 0 Å². The molecule has 1 aromatic carbocycles. The lowest BCUT2D eigenvalue weighted by molar-refractivity contribution is 0.223. The molecule has 2 aliphatic rings. The van der Waals surface area contributed by atoms with E-state index in [4.69, 9.17) is 0 Å². The fraction of sp³-hybridized carbons (Fsp3) is 0.308. The smallest absolute Gasteiger partial charge is 0.345 e. The van der Waals surface area contributed by atoms with Crippen LogP contribution < -0.4 is 4.90 Å². The zero-order valence-corrected chi connectivity index (χ0v) is 10.6. The van der Waals surface area contributed by atoms with Gasteiger partial charge in [0.15, 0.2) is 5.84 Å². The average molecular weight is 258 g/mol. The Labute approximate surface area is 110 Å². The van der Waals surface area contributed by atoms with Gasteiger partial charge in [0.05, 0.1) is 24.5 Å². The number of carbonyl (C=O) groups excluding carboxylic acids is 1. The number of anilines is 1. The number of β-amino-alcohol motifs (C(OH)–C–C–N with tert-alkyl or cyclic N) is 1. The van der Waals surface area contributed by atoms with Gasteiger partial charge in [-0.25, -0.2) is 9.79 Å². The topological polar surface area (TPSA) is 68.5 Å². The molecule has 19 heavy (non-hydrogen) atoms. The summed E-state index contributed by atoms with van der Waals surface area (Å²) in [6.45, 7) is 0.824. The Morgan fingerprint density at radius 3 is 2.89 bits per heavy atom. The number of hydrogen-bond donors (Lipinski definition) is 1. The van der Waals surface area contributed by atoms with Gasteiger partial charge in [-0.05, 0) is 12.1 Å². The molecule has 0 bridgehead atoms. The van der Waals surface area contributed by atoms with E-state index < -0.39 is 0 Å². The van der Waals surface area contributed by atoms with Gasteiger partial charge in [0.1, 0.15) is 5.71 Å². The Bertz CT molecular complexity index is 594. The molecule has 2 amide bonds. The SMILES string of the molecule is CN1CC2=Nc3ccccc3N(CCO)C2=NC1=O. The average Bonchev–Trinajstić information content (AvgIpc) is 2.41. The van der Waals surface area contributed by atoms with Crippen molar-refractivity contribution in [2.75, 3.05) is 31.6 Å². The molecule has 0 saturated heterocycles. The lowest BCUT2D eigenvalue weighted by Gasteiger charge is -2.34. The minimum absolute atomic E-state index is 0.00926. The molecule has 6 heteroatoms. The molecule has 0 aromatic heterocycles. The summed E-state index contributed by atoms with van der Waals surface area (Å²) in [5, 5.41) is 9.22. The number of nitrogens with zero attached hydrogens (tertiary/aromatic N) is 4. The predicted molar refractivity (Wildman–Crippen MR) is 73.4 cm³/mol. The molecular formula is C13H14N4O2. The van der Waals surface area contributed by atoms with Crippen molar-refractivity contribution < 1.29 is 9.90 Å². The number of urea groups is 1. The van der Waals surface area contributed by atoms with Gasteiger partial charge in [-0.1, -0.05) is 12.1 Å². The minimum atomic E-state index is -0.281. The fourth-order valence-electron chi connectivity index (χ4n) is 2.28. The van der Waals surface area contributed by atoms with E-state index in [1.165, 1.54) is 4.90 Å². The monoisotopic (exact) mass is 258 g/mol. The van der Waals surface area contributed by atoms with Gasteiger partial charge in [0.25, 0.3) is 0 Å². The molecule has 2 aliphatic heterocycles. The molecule has 1 N–H and O–H groups in total. The van der Waals surface area contributed by atoms with Crippen LogP contribution >= 0.6 is 0 Å². The number of hydrogen-bond acceptors (Lipinski definition) is 4. The molecule has 2 heterocycles. The Morgan fingerprint density at radius 2 is 2.11 bits per heavy atom. The van der Waals surface area contributed by atoms with Gasteiger partial charge >= 0.3 is 6.03 Å². The quantitative estimate of drug-likeness (QED) is 0.861. The number of aliphatic imine (C=N–C) groups is 2. The highest BCUT2D eigenvalue weighted by Crippen LogP contribution is 2.33. The molecule has 98 valence electrons. The summed E-state index contributed by atoms with van der Waals surface area (Å²) >= 11 is 0. The van der Waals surface area contributed by atoms with Crippen molar-refractivity contribution in [3.8, 4) is 0 Å². The Kier molecular flexibility index (Phi) is 2.79. The normalized spacial score (nSPS) is 17.7. The van der Waals surface area contributed by atoms with Gasteiger partial charge < -0.3 is 14.9 Å². The summed E-state index contributed by atoms with van der Waals surface area (Å²) in [6, 6.07) is 7.37. The summed E-state index contributed by atoms with van der Waals surface area (Å²) in [4.78, 5) is 23.7. The van der Waals surface area contributed by atoms with Crippen LogP contribution in [-0.4, -0.2) is 54.3 Å². The van der Waals surface area contributed by atoms with E-state index >= 15 is 0 Å². The Hall–Kier alpha value is -2.21. The molecule has 0 radical (unpaired) electrons. The highest BCUT2D eigenvalue weighted by atomic mass is 16.3. The molecular weight excluding hydrogens is 244 g/mol. The van der Waals surface area contributed by atoms with Crippen molar-refractivity contribution in [2.24, 2.45) is 9.98 Å². The van der Waals surface area contributed by atoms with Crippen LogP contribution in [0.2, 0.25) is 0 Å². The van der Waals surface area contributed by atoms with Crippen LogP contribution in [0.3, 0.4) is 0 Å². The van der Waals surface area contributed by atoms with Crippen LogP contribution in [0.25, 0.3) is 0 Å². The fourth-order valence-corrected chi connectivity index (χ4v) is 2.28. The van der Waals surface area contributed by atoms with E-state index in [1.54, 1.807) is 7.05 Å². The van der Waals surface area contributed by atoms with Crippen LogP contribution in [0.5, 0.6) is 0 Å². The number of benzene rings is 1. The first-order valence-corrected chi connectivity index (χ1v) is 6.10. The van der Waals surface area contributed by atoms with Gasteiger partial charge in [-0.2, -0.15) is 4.99 Å². The lowest BCUT2D eigenvalue weighted by Crippen LogP contribution is -2.49. The Morgan fingerprint density at radius 1 is 1.32 bits per heavy atom. The van der Waals surface area contributed by atoms with Crippen molar-refractivity contribution in [1.82, 2.24) is 4.90 Å². The molecule has 6 nitrogen and oxygen atoms in total. The van der Waals surface area contributed by atoms with Gasteiger partial charge in [0, 0.05) is 13.6 Å². The van der Waals surface area contributed by atoms with E-state index in [2.05, 4.69) is 9.98 Å². The third kappa shape index (κ3) is 1.90. The molecule has 0 saturated carbocycles. The first kappa shape index (κ1) is 11.9. The maximum absolute atomic E-state index is 11.7. The van der Waals surface area contributed by atoms with E-state index in [0.717, 1.165) is 17.1 Å². The Balaban J connectivity index is 2.14. The first-order valence-electron chi connectivity index (χ1n) is 6.10. The number of aliphatic hydroxyl groups is 1. The van der Waals surface area contributed by atoms with Crippen molar-refractivity contribution in [2.45, 2.75) is 0 Å². The third-order valence-electron chi connectivity index (χ3n) is 3.18. The van der Waals surface area contributed by atoms with E-state index in [0.29, 0.717) is 18.9 Å². The van der Waals surface area contributed by atoms with Gasteiger partial charge in [-0.3, -0.25) is 0 Å². The molecule has 0 fully saturated rings. The van der Waals surface area contributed by atoms with E-state index in [9.17, 15) is 9.90 Å². The molecule has 0 spiro atoms. The number of fused-ring (bicyclic) bond motifs is 2. The molecule has 3 rings (SSSR count). The number of aliphatic hydroxyl groups excluding tert-OH is 1. The van der Waals surface area contributed by atoms with Gasteiger partial charge in [0.2, 0.25) is 0 Å². The van der Waals surface area contributed by atoms with Crippen LogP contribution in [0.4, 0.5) is 16.2 Å². The molecule has 0 atom stereocenters. The van der Waals surface area contributed by atoms with Crippen LogP contribution in [0.15, 0.2) is 34.3 Å². The van der Waals surface area contributed by atoms with E-state index in [1.807, 2.05) is 29.2 Å². The highest BCUT2D eigenvalue weighted by Gasteiger charge is 2.31. The highest BCUT2D eigenvalue weighted by molar-refractivity contribution is 6.51. The number of amides is 2. The standard InChI is InChI=1S/C13H14N4O2/c1-16-8-10-12(15-13(16)19)17(6-7-18)11-5-3-2-4-9(11)14-10/h2-5,18H,6-8H2,1H3. The summed E-state index contributed by atoms with van der Waals surface area (Å²) in [7, 11) is 1.70. The third-order valence-corrected chi connectivity index (χ3v) is 3.18. The second-order valence-electron chi connectivity index (χ2n) is 4.50. The summed E-state index contributed by atoms with van der Waals surface area (Å²) in [6.07, 6.45) is 0. The second kappa shape index (κ2) is 4.47. The van der Waals surface area contributed by atoms with Crippen molar-refractivity contribution in [1.29, 1.82) is 0 Å². The molecule has 0 aliphatic carbocycles. The number of amidine groups is 1. The summed E-state index contributed by atoms with van der Waals surface area (Å²) in [5.74, 6) is 0.552. The van der Waals surface area contributed by atoms with Crippen LogP contribution in [-0.2, 0) is 0 Å². The number of carbonyl (C=O) groups is 1. The van der Waals surface area contributed by atoms with E-state index in [-0.39, 0.29) is 12.6 Å². The maximum atomic E-state index is 11.7. The number of para-hydroxylation sites is 2.